The predicted octanol–water partition coefficient (Wildman–Crippen LogP) is 2.69. The van der Waals surface area contributed by atoms with E-state index in [0.29, 0.717) is 23.2 Å². The fraction of sp³-hybridized carbons (Fsp3) is 0.714. The molecule has 0 radical (unpaired) electrons. The first-order chi connectivity index (χ1) is 9.44. The number of hydrogen-bond acceptors (Lipinski definition) is 5. The van der Waals surface area contributed by atoms with E-state index in [1.807, 2.05) is 30.8 Å². The molecule has 0 bridgehead atoms. The van der Waals surface area contributed by atoms with Crippen LogP contribution < -0.4 is 10.6 Å². The van der Waals surface area contributed by atoms with Crippen LogP contribution in [-0.4, -0.2) is 43.0 Å². The molecule has 0 fully saturated rings. The van der Waals surface area contributed by atoms with Gasteiger partial charge in [0.1, 0.15) is 10.7 Å². The van der Waals surface area contributed by atoms with E-state index in [1.165, 1.54) is 11.3 Å². The summed E-state index contributed by atoms with van der Waals surface area (Å²) in [4.78, 5) is 21.1. The van der Waals surface area contributed by atoms with E-state index >= 15 is 0 Å². The zero-order valence-electron chi connectivity index (χ0n) is 13.1. The second kappa shape index (κ2) is 7.47. The molecule has 0 aliphatic rings. The Morgan fingerprint density at radius 2 is 1.90 bits per heavy atom. The van der Waals surface area contributed by atoms with E-state index in [2.05, 4.69) is 18.8 Å². The fourth-order valence-electron chi connectivity index (χ4n) is 2.02. The highest BCUT2D eigenvalue weighted by molar-refractivity contribution is 7.18. The Kier molecular flexibility index (Phi) is 6.26. The Labute approximate surface area is 125 Å². The lowest BCUT2D eigenvalue weighted by Gasteiger charge is -2.25. The van der Waals surface area contributed by atoms with Crippen LogP contribution in [0.25, 0.3) is 0 Å². The number of nitrogen functional groups attached to an aromatic ring is 1. The van der Waals surface area contributed by atoms with Gasteiger partial charge in [-0.25, -0.2) is 4.98 Å². The van der Waals surface area contributed by atoms with Crippen LogP contribution >= 0.6 is 11.3 Å². The SMILES string of the molecule is CCC(CC)CN(CC)C(=O)c1sc(N(C)C)nc1N. The largest absolute Gasteiger partial charge is 0.382 e. The second-order valence-electron chi connectivity index (χ2n) is 5.13. The first-order valence-corrected chi connectivity index (χ1v) is 7.98. The molecule has 0 saturated carbocycles. The molecule has 0 aliphatic carbocycles. The van der Waals surface area contributed by atoms with Crippen LogP contribution in [0.15, 0.2) is 0 Å². The van der Waals surface area contributed by atoms with Crippen LogP contribution in [0.3, 0.4) is 0 Å². The van der Waals surface area contributed by atoms with Crippen molar-refractivity contribution in [2.45, 2.75) is 33.6 Å². The average molecular weight is 298 g/mol. The highest BCUT2D eigenvalue weighted by Crippen LogP contribution is 2.28. The number of nitrogens with zero attached hydrogens (tertiary/aromatic N) is 3. The summed E-state index contributed by atoms with van der Waals surface area (Å²) in [5.41, 5.74) is 5.89. The molecule has 1 heterocycles. The molecule has 0 aromatic carbocycles. The third-order valence-electron chi connectivity index (χ3n) is 3.52. The van der Waals surface area contributed by atoms with Gasteiger partial charge in [-0.15, -0.1) is 0 Å². The molecule has 0 saturated heterocycles. The lowest BCUT2D eigenvalue weighted by Crippen LogP contribution is -2.35. The van der Waals surface area contributed by atoms with Gasteiger partial charge in [-0.2, -0.15) is 0 Å². The molecule has 0 spiro atoms. The number of nitrogens with two attached hydrogens (primary N) is 1. The van der Waals surface area contributed by atoms with Gasteiger partial charge in [0.05, 0.1) is 0 Å². The molecule has 20 heavy (non-hydrogen) atoms. The number of carbonyl (C=O) groups is 1. The van der Waals surface area contributed by atoms with Crippen molar-refractivity contribution >= 4 is 28.2 Å². The minimum atomic E-state index is 0.00231. The van der Waals surface area contributed by atoms with Gasteiger partial charge in [0.25, 0.3) is 5.91 Å². The smallest absolute Gasteiger partial charge is 0.267 e. The van der Waals surface area contributed by atoms with Crippen LogP contribution in [0, 0.1) is 5.92 Å². The minimum Gasteiger partial charge on any atom is -0.382 e. The summed E-state index contributed by atoms with van der Waals surface area (Å²) in [5, 5.41) is 0.768. The van der Waals surface area contributed by atoms with Crippen molar-refractivity contribution in [1.29, 1.82) is 0 Å². The monoisotopic (exact) mass is 298 g/mol. The Morgan fingerprint density at radius 3 is 2.30 bits per heavy atom. The molecule has 5 nitrogen and oxygen atoms in total. The van der Waals surface area contributed by atoms with Crippen LogP contribution in [0.1, 0.15) is 43.3 Å². The zero-order valence-corrected chi connectivity index (χ0v) is 14.0. The first kappa shape index (κ1) is 16.8. The molecule has 0 unspecified atom stereocenters. The Hall–Kier alpha value is -1.30. The molecule has 114 valence electrons. The molecule has 2 N–H and O–H groups in total. The molecule has 0 atom stereocenters. The van der Waals surface area contributed by atoms with Crippen molar-refractivity contribution in [1.82, 2.24) is 9.88 Å². The lowest BCUT2D eigenvalue weighted by atomic mass is 10.0. The molecule has 1 aromatic heterocycles. The number of hydrogen-bond donors (Lipinski definition) is 1. The number of anilines is 2. The van der Waals surface area contributed by atoms with Gasteiger partial charge in [-0.3, -0.25) is 4.79 Å². The molecule has 1 aromatic rings. The minimum absolute atomic E-state index is 0.00231. The molecule has 0 aliphatic heterocycles. The summed E-state index contributed by atoms with van der Waals surface area (Å²) in [7, 11) is 3.79. The van der Waals surface area contributed by atoms with Gasteiger partial charge < -0.3 is 15.5 Å². The summed E-state index contributed by atoms with van der Waals surface area (Å²) in [5.74, 6) is 0.885. The third-order valence-corrected chi connectivity index (χ3v) is 4.75. The number of thiazole rings is 1. The average Bonchev–Trinajstić information content (AvgIpc) is 2.82. The van der Waals surface area contributed by atoms with Crippen LogP contribution in [-0.2, 0) is 0 Å². The normalized spacial score (nSPS) is 10.9. The van der Waals surface area contributed by atoms with Gasteiger partial charge in [0.2, 0.25) is 0 Å². The highest BCUT2D eigenvalue weighted by Gasteiger charge is 2.23. The number of rotatable bonds is 7. The highest BCUT2D eigenvalue weighted by atomic mass is 32.1. The maximum Gasteiger partial charge on any atom is 0.267 e. The number of amides is 1. The maximum atomic E-state index is 12.6. The summed E-state index contributed by atoms with van der Waals surface area (Å²) in [6.45, 7) is 7.82. The van der Waals surface area contributed by atoms with Crippen LogP contribution in [0.5, 0.6) is 0 Å². The molecule has 6 heteroatoms. The summed E-state index contributed by atoms with van der Waals surface area (Å²) < 4.78 is 0. The standard InChI is InChI=1S/C14H26N4OS/c1-6-10(7-2)9-18(8-3)13(19)11-12(15)16-14(20-11)17(4)5/h10H,6-9,15H2,1-5H3. The Bertz CT molecular complexity index is 440. The molecular formula is C14H26N4OS. The van der Waals surface area contributed by atoms with Crippen molar-refractivity contribution in [3.63, 3.8) is 0 Å². The first-order valence-electron chi connectivity index (χ1n) is 7.17. The van der Waals surface area contributed by atoms with Crippen molar-refractivity contribution < 1.29 is 4.79 Å². The Balaban J connectivity index is 2.90. The van der Waals surface area contributed by atoms with Gasteiger partial charge in [-0.1, -0.05) is 38.0 Å². The molecule has 1 rings (SSSR count). The Morgan fingerprint density at radius 1 is 1.30 bits per heavy atom. The molecular weight excluding hydrogens is 272 g/mol. The molecule has 1 amide bonds. The van der Waals surface area contributed by atoms with E-state index in [0.717, 1.165) is 24.5 Å². The van der Waals surface area contributed by atoms with Crippen molar-refractivity contribution in [2.24, 2.45) is 5.92 Å². The zero-order chi connectivity index (χ0) is 15.3. The maximum absolute atomic E-state index is 12.6. The van der Waals surface area contributed by atoms with Gasteiger partial charge in [0.15, 0.2) is 5.13 Å². The summed E-state index contributed by atoms with van der Waals surface area (Å²) in [6.07, 6.45) is 2.17. The second-order valence-corrected chi connectivity index (χ2v) is 6.11. The van der Waals surface area contributed by atoms with Gasteiger partial charge >= 0.3 is 0 Å². The number of aromatic nitrogens is 1. The van der Waals surface area contributed by atoms with Gasteiger partial charge in [-0.05, 0) is 12.8 Å². The van der Waals surface area contributed by atoms with Crippen LogP contribution in [0.2, 0.25) is 0 Å². The quantitative estimate of drug-likeness (QED) is 0.840. The van der Waals surface area contributed by atoms with E-state index in [1.54, 1.807) is 0 Å². The van der Waals surface area contributed by atoms with Crippen LogP contribution in [0.4, 0.5) is 10.9 Å². The van der Waals surface area contributed by atoms with E-state index in [4.69, 9.17) is 5.73 Å². The van der Waals surface area contributed by atoms with E-state index in [9.17, 15) is 4.79 Å². The van der Waals surface area contributed by atoms with Crippen molar-refractivity contribution in [3.05, 3.63) is 4.88 Å². The topological polar surface area (TPSA) is 62.5 Å². The van der Waals surface area contributed by atoms with Crippen molar-refractivity contribution in [3.8, 4) is 0 Å². The fourth-order valence-corrected chi connectivity index (χ4v) is 2.90. The van der Waals surface area contributed by atoms with E-state index < -0.39 is 0 Å². The van der Waals surface area contributed by atoms with Gasteiger partial charge in [0, 0.05) is 27.2 Å². The summed E-state index contributed by atoms with van der Waals surface area (Å²) in [6, 6.07) is 0. The predicted molar refractivity (Wildman–Crippen MR) is 86.5 cm³/mol. The lowest BCUT2D eigenvalue weighted by molar-refractivity contribution is 0.0740. The summed E-state index contributed by atoms with van der Waals surface area (Å²) >= 11 is 1.36. The van der Waals surface area contributed by atoms with Crippen molar-refractivity contribution in [2.75, 3.05) is 37.8 Å². The van der Waals surface area contributed by atoms with E-state index in [-0.39, 0.29) is 5.91 Å². The third kappa shape index (κ3) is 3.85. The number of carbonyl (C=O) groups excluding carboxylic acids is 1.